The predicted molar refractivity (Wildman–Crippen MR) is 139 cm³/mol. The van der Waals surface area contributed by atoms with E-state index in [1.54, 1.807) is 0 Å². The van der Waals surface area contributed by atoms with Crippen molar-refractivity contribution in [1.29, 1.82) is 0 Å². The van der Waals surface area contributed by atoms with Gasteiger partial charge in [0.2, 0.25) is 0 Å². The minimum atomic E-state index is -0.0312. The Morgan fingerprint density at radius 2 is 1.89 bits per heavy atom. The topological polar surface area (TPSA) is 83.5 Å². The molecule has 0 amide bonds. The zero-order chi connectivity index (χ0) is 24.4. The number of morpholine rings is 1. The van der Waals surface area contributed by atoms with Crippen molar-refractivity contribution in [3.8, 4) is 17.3 Å². The van der Waals surface area contributed by atoms with E-state index in [4.69, 9.17) is 26.1 Å². The number of anilines is 1. The molecule has 1 aliphatic heterocycles. The highest BCUT2D eigenvalue weighted by Gasteiger charge is 2.31. The number of benzene rings is 1. The molecule has 2 aromatic heterocycles. The minimum Gasteiger partial charge on any atom is -0.434 e. The molecule has 1 aromatic carbocycles. The summed E-state index contributed by atoms with van der Waals surface area (Å²) in [4.78, 5) is 14.7. The number of H-pyrrole nitrogens is 1. The molecule has 3 aromatic rings. The number of imidazole rings is 1. The minimum absolute atomic E-state index is 0.0312. The number of nitrogens with zero attached hydrogens (tertiary/aromatic N) is 3. The van der Waals surface area contributed by atoms with E-state index in [0.717, 1.165) is 63.1 Å². The molecule has 8 heteroatoms. The zero-order valence-corrected chi connectivity index (χ0v) is 21.1. The molecule has 0 bridgehead atoms. The van der Waals surface area contributed by atoms with Crippen molar-refractivity contribution < 1.29 is 14.6 Å². The number of hydrogen-bond acceptors (Lipinski definition) is 6. The quantitative estimate of drug-likeness (QED) is 0.433. The van der Waals surface area contributed by atoms with Crippen LogP contribution in [0.15, 0.2) is 42.2 Å². The first-order valence-electron chi connectivity index (χ1n) is 12.4. The van der Waals surface area contributed by atoms with Gasteiger partial charge in [-0.3, -0.25) is 0 Å². The average molecular weight is 497 g/mol. The lowest BCUT2D eigenvalue weighted by molar-refractivity contribution is 0.0797. The van der Waals surface area contributed by atoms with Crippen LogP contribution < -0.4 is 9.64 Å². The Bertz CT molecular complexity index is 1190. The molecule has 2 N–H and O–H groups in total. The summed E-state index contributed by atoms with van der Waals surface area (Å²) in [5, 5.41) is 10.2. The second-order valence-electron chi connectivity index (χ2n) is 10.2. The molecule has 1 saturated heterocycles. The molecule has 0 unspecified atom stereocenters. The predicted octanol–water partition coefficient (Wildman–Crippen LogP) is 5.59. The van der Waals surface area contributed by atoms with E-state index in [-0.39, 0.29) is 12.0 Å². The molecule has 0 atom stereocenters. The van der Waals surface area contributed by atoms with Gasteiger partial charge in [0.1, 0.15) is 0 Å². The third kappa shape index (κ3) is 5.32. The fourth-order valence-corrected chi connectivity index (χ4v) is 5.22. The standard InChI is InChI=1S/C27H33ClN4O3/c1-27(2,17-33)20-7-3-18(4-8-20)16-35-26-29-23-15-22(28)24(30-25(23)31-26)19-5-9-21(10-6-19)32-11-13-34-14-12-32/h5-6,9-10,15-16,20,33H,3-4,7-8,11-14,17H2,1-2H3,(H,29,30,31). The first-order valence-corrected chi connectivity index (χ1v) is 12.8. The number of aromatic amines is 1. The van der Waals surface area contributed by atoms with E-state index in [9.17, 15) is 5.11 Å². The summed E-state index contributed by atoms with van der Waals surface area (Å²) < 4.78 is 11.3. The lowest BCUT2D eigenvalue weighted by Crippen LogP contribution is -2.36. The molecule has 2 fully saturated rings. The van der Waals surface area contributed by atoms with E-state index in [0.29, 0.717) is 28.3 Å². The molecule has 35 heavy (non-hydrogen) atoms. The zero-order valence-electron chi connectivity index (χ0n) is 20.4. The van der Waals surface area contributed by atoms with Gasteiger partial charge in [-0.1, -0.05) is 37.6 Å². The Morgan fingerprint density at radius 3 is 2.57 bits per heavy atom. The number of pyridine rings is 1. The number of halogens is 1. The van der Waals surface area contributed by atoms with Gasteiger partial charge in [-0.05, 0) is 60.8 Å². The Balaban J connectivity index is 1.28. The maximum Gasteiger partial charge on any atom is 0.301 e. The van der Waals surface area contributed by atoms with Crippen molar-refractivity contribution in [2.75, 3.05) is 37.8 Å². The second kappa shape index (κ2) is 10.2. The Kier molecular flexibility index (Phi) is 7.00. The Morgan fingerprint density at radius 1 is 1.17 bits per heavy atom. The van der Waals surface area contributed by atoms with E-state index < -0.39 is 0 Å². The van der Waals surface area contributed by atoms with Gasteiger partial charge in [0.15, 0.2) is 5.65 Å². The van der Waals surface area contributed by atoms with Crippen LogP contribution in [0.1, 0.15) is 39.5 Å². The van der Waals surface area contributed by atoms with Crippen LogP contribution in [-0.4, -0.2) is 53.0 Å². The fourth-order valence-electron chi connectivity index (χ4n) is 4.96. The summed E-state index contributed by atoms with van der Waals surface area (Å²) in [7, 11) is 0. The van der Waals surface area contributed by atoms with Crippen LogP contribution in [0.5, 0.6) is 6.01 Å². The number of aliphatic hydroxyl groups is 1. The molecular formula is C27H33ClN4O3. The van der Waals surface area contributed by atoms with Crippen molar-refractivity contribution in [2.45, 2.75) is 39.5 Å². The van der Waals surface area contributed by atoms with Gasteiger partial charge < -0.3 is 24.5 Å². The summed E-state index contributed by atoms with van der Waals surface area (Å²) in [5.41, 5.74) is 5.37. The van der Waals surface area contributed by atoms with Crippen LogP contribution in [0.25, 0.3) is 22.4 Å². The van der Waals surface area contributed by atoms with Crippen molar-refractivity contribution in [3.05, 3.63) is 47.2 Å². The largest absolute Gasteiger partial charge is 0.434 e. The van der Waals surface area contributed by atoms with E-state index in [2.05, 4.69) is 40.8 Å². The number of allylic oxidation sites excluding steroid dienone is 1. The van der Waals surface area contributed by atoms with Crippen LogP contribution in [-0.2, 0) is 4.74 Å². The van der Waals surface area contributed by atoms with Crippen molar-refractivity contribution in [2.24, 2.45) is 11.3 Å². The van der Waals surface area contributed by atoms with Gasteiger partial charge in [0.05, 0.1) is 35.7 Å². The summed E-state index contributed by atoms with van der Waals surface area (Å²) in [6.07, 6.45) is 5.89. The number of rotatable bonds is 6. The van der Waals surface area contributed by atoms with Crippen LogP contribution >= 0.6 is 11.6 Å². The van der Waals surface area contributed by atoms with Crippen molar-refractivity contribution in [3.63, 3.8) is 0 Å². The summed E-state index contributed by atoms with van der Waals surface area (Å²) in [6, 6.07) is 10.6. The lowest BCUT2D eigenvalue weighted by Gasteiger charge is -2.36. The van der Waals surface area contributed by atoms with Gasteiger partial charge >= 0.3 is 6.01 Å². The molecule has 0 spiro atoms. The van der Waals surface area contributed by atoms with E-state index >= 15 is 0 Å². The van der Waals surface area contributed by atoms with Gasteiger partial charge in [-0.2, -0.15) is 4.98 Å². The second-order valence-corrected chi connectivity index (χ2v) is 10.6. The first kappa shape index (κ1) is 24.1. The van der Waals surface area contributed by atoms with Crippen molar-refractivity contribution >= 4 is 28.5 Å². The molecule has 2 aliphatic rings. The summed E-state index contributed by atoms with van der Waals surface area (Å²) in [6.45, 7) is 7.82. The summed E-state index contributed by atoms with van der Waals surface area (Å²) in [5.74, 6) is 0.531. The monoisotopic (exact) mass is 496 g/mol. The molecule has 5 rings (SSSR count). The third-order valence-corrected chi connectivity index (χ3v) is 7.69. The SMILES string of the molecule is CC(C)(CO)C1CCC(=COc2nc3nc(-c4ccc(N5CCOCC5)cc4)c(Cl)cc3[nH]2)CC1. The highest BCUT2D eigenvalue weighted by molar-refractivity contribution is 6.33. The number of fused-ring (bicyclic) bond motifs is 1. The number of aromatic nitrogens is 3. The highest BCUT2D eigenvalue weighted by atomic mass is 35.5. The van der Waals surface area contributed by atoms with Crippen LogP contribution in [0, 0.1) is 11.3 Å². The molecule has 3 heterocycles. The fraction of sp³-hybridized carbons (Fsp3) is 0.481. The molecule has 186 valence electrons. The summed E-state index contributed by atoms with van der Waals surface area (Å²) >= 11 is 6.59. The Hall–Kier alpha value is -2.61. The molecule has 1 saturated carbocycles. The Labute approximate surface area is 211 Å². The smallest absolute Gasteiger partial charge is 0.301 e. The molecular weight excluding hydrogens is 464 g/mol. The maximum atomic E-state index is 9.64. The number of hydrogen-bond donors (Lipinski definition) is 2. The number of nitrogens with one attached hydrogen (secondary N) is 1. The van der Waals surface area contributed by atoms with Crippen molar-refractivity contribution in [1.82, 2.24) is 15.0 Å². The van der Waals surface area contributed by atoms with Crippen LogP contribution in [0.3, 0.4) is 0 Å². The molecule has 1 aliphatic carbocycles. The van der Waals surface area contributed by atoms with E-state index in [1.165, 1.54) is 11.3 Å². The average Bonchev–Trinajstić information content (AvgIpc) is 3.29. The third-order valence-electron chi connectivity index (χ3n) is 7.40. The van der Waals surface area contributed by atoms with E-state index in [1.807, 2.05) is 24.5 Å². The normalized spacial score (nSPS) is 19.3. The number of aliphatic hydroxyl groups excluding tert-OH is 1. The van der Waals surface area contributed by atoms with Gasteiger partial charge in [0.25, 0.3) is 0 Å². The van der Waals surface area contributed by atoms with Gasteiger partial charge in [0, 0.05) is 30.9 Å². The maximum absolute atomic E-state index is 9.64. The highest BCUT2D eigenvalue weighted by Crippen LogP contribution is 2.39. The van der Waals surface area contributed by atoms with Gasteiger partial charge in [-0.15, -0.1) is 0 Å². The first-order chi connectivity index (χ1) is 16.9. The lowest BCUT2D eigenvalue weighted by atomic mass is 9.71. The van der Waals surface area contributed by atoms with Gasteiger partial charge in [-0.25, -0.2) is 4.98 Å². The van der Waals surface area contributed by atoms with Crippen LogP contribution in [0.4, 0.5) is 5.69 Å². The molecule has 0 radical (unpaired) electrons. The molecule has 7 nitrogen and oxygen atoms in total. The number of ether oxygens (including phenoxy) is 2. The van der Waals surface area contributed by atoms with Crippen LogP contribution in [0.2, 0.25) is 5.02 Å².